The van der Waals surface area contributed by atoms with Gasteiger partial charge in [-0.3, -0.25) is 9.59 Å². The van der Waals surface area contributed by atoms with Crippen molar-refractivity contribution in [3.63, 3.8) is 0 Å². The lowest BCUT2D eigenvalue weighted by molar-refractivity contribution is -0.141. The van der Waals surface area contributed by atoms with E-state index >= 15 is 0 Å². The Bertz CT molecular complexity index is 259. The maximum atomic E-state index is 11.3. The van der Waals surface area contributed by atoms with Gasteiger partial charge < -0.3 is 4.74 Å². The Labute approximate surface area is 77.4 Å². The van der Waals surface area contributed by atoms with Gasteiger partial charge in [-0.15, -0.1) is 0 Å². The lowest BCUT2D eigenvalue weighted by Crippen LogP contribution is -2.22. The van der Waals surface area contributed by atoms with E-state index < -0.39 is 0 Å². The Kier molecular flexibility index (Phi) is 1.90. The number of fused-ring (bicyclic) bond motifs is 1. The molecule has 0 N–H and O–H groups in total. The Morgan fingerprint density at radius 1 is 1.54 bits per heavy atom. The van der Waals surface area contributed by atoms with Gasteiger partial charge in [-0.1, -0.05) is 6.92 Å². The second-order valence-electron chi connectivity index (χ2n) is 4.25. The second kappa shape index (κ2) is 2.82. The average Bonchev–Trinajstić information content (AvgIpc) is 2.41. The smallest absolute Gasteiger partial charge is 0.306 e. The fourth-order valence-electron chi connectivity index (χ4n) is 2.85. The van der Waals surface area contributed by atoms with Crippen molar-refractivity contribution in [2.24, 2.45) is 17.8 Å². The van der Waals surface area contributed by atoms with Gasteiger partial charge in [0.2, 0.25) is 0 Å². The van der Waals surface area contributed by atoms with Gasteiger partial charge in [0.05, 0.1) is 6.42 Å². The molecule has 0 aromatic carbocycles. The molecule has 4 atom stereocenters. The average molecular weight is 182 g/mol. The molecule has 1 aliphatic carbocycles. The van der Waals surface area contributed by atoms with Crippen LogP contribution in [0.3, 0.4) is 0 Å². The predicted octanol–water partition coefficient (Wildman–Crippen LogP) is 1.16. The fraction of sp³-hybridized carbons (Fsp3) is 0.800. The Balaban J connectivity index is 2.19. The molecule has 0 spiro atoms. The zero-order valence-corrected chi connectivity index (χ0v) is 7.95. The summed E-state index contributed by atoms with van der Waals surface area (Å²) < 4.78 is 5.14. The lowest BCUT2D eigenvalue weighted by atomic mass is 9.86. The summed E-state index contributed by atoms with van der Waals surface area (Å²) in [4.78, 5) is 22.3. The first kappa shape index (κ1) is 8.73. The van der Waals surface area contributed by atoms with Crippen LogP contribution >= 0.6 is 0 Å². The van der Waals surface area contributed by atoms with Crippen molar-refractivity contribution in [3.05, 3.63) is 0 Å². The van der Waals surface area contributed by atoms with Crippen LogP contribution in [0.4, 0.5) is 0 Å². The molecule has 3 heteroatoms. The van der Waals surface area contributed by atoms with Crippen molar-refractivity contribution in [3.8, 4) is 0 Å². The van der Waals surface area contributed by atoms with Crippen molar-refractivity contribution in [1.29, 1.82) is 0 Å². The molecule has 3 nitrogen and oxygen atoms in total. The Morgan fingerprint density at radius 3 is 2.85 bits per heavy atom. The molecule has 72 valence electrons. The number of carbonyl (C=O) groups is 2. The van der Waals surface area contributed by atoms with E-state index in [-0.39, 0.29) is 29.7 Å². The summed E-state index contributed by atoms with van der Waals surface area (Å²) in [6, 6.07) is 0. The standard InChI is InChI=1S/C10H14O3/c1-5-3-8-7(4-9(12)13-8)10(5)6(2)11/h5,7-8,10H,3-4H2,1-2H3/t5-,7?,8+,10-/m1/s1. The molecule has 2 fully saturated rings. The van der Waals surface area contributed by atoms with Crippen molar-refractivity contribution in [2.45, 2.75) is 32.8 Å². The highest BCUT2D eigenvalue weighted by Crippen LogP contribution is 2.44. The minimum absolute atomic E-state index is 0.0244. The number of hydrogen-bond acceptors (Lipinski definition) is 3. The lowest BCUT2D eigenvalue weighted by Gasteiger charge is -2.15. The van der Waals surface area contributed by atoms with E-state index in [9.17, 15) is 9.59 Å². The highest BCUT2D eigenvalue weighted by molar-refractivity contribution is 5.81. The fourth-order valence-corrected chi connectivity index (χ4v) is 2.85. The van der Waals surface area contributed by atoms with Crippen molar-refractivity contribution in [1.82, 2.24) is 0 Å². The first-order valence-electron chi connectivity index (χ1n) is 4.79. The van der Waals surface area contributed by atoms with E-state index in [1.54, 1.807) is 6.92 Å². The van der Waals surface area contributed by atoms with Gasteiger partial charge in [0, 0.05) is 11.8 Å². The predicted molar refractivity (Wildman–Crippen MR) is 45.9 cm³/mol. The third-order valence-electron chi connectivity index (χ3n) is 3.31. The third-order valence-corrected chi connectivity index (χ3v) is 3.31. The van der Waals surface area contributed by atoms with Crippen LogP contribution in [0, 0.1) is 17.8 Å². The summed E-state index contributed by atoms with van der Waals surface area (Å²) in [6.07, 6.45) is 1.33. The highest BCUT2D eigenvalue weighted by atomic mass is 16.6. The van der Waals surface area contributed by atoms with Crippen LogP contribution in [0.1, 0.15) is 26.7 Å². The van der Waals surface area contributed by atoms with E-state index in [2.05, 4.69) is 6.92 Å². The van der Waals surface area contributed by atoms with Crippen LogP contribution in [0.5, 0.6) is 0 Å². The van der Waals surface area contributed by atoms with Gasteiger partial charge in [-0.25, -0.2) is 0 Å². The van der Waals surface area contributed by atoms with Gasteiger partial charge in [0.1, 0.15) is 11.9 Å². The number of ketones is 1. The molecule has 13 heavy (non-hydrogen) atoms. The van der Waals surface area contributed by atoms with Gasteiger partial charge in [0.15, 0.2) is 0 Å². The summed E-state index contributed by atoms with van der Waals surface area (Å²) in [5.74, 6) is 0.670. The van der Waals surface area contributed by atoms with Gasteiger partial charge in [-0.05, 0) is 19.3 Å². The van der Waals surface area contributed by atoms with Gasteiger partial charge >= 0.3 is 5.97 Å². The first-order chi connectivity index (χ1) is 6.09. The molecule has 2 aliphatic rings. The summed E-state index contributed by atoms with van der Waals surface area (Å²) in [5, 5.41) is 0. The molecular weight excluding hydrogens is 168 g/mol. The van der Waals surface area contributed by atoms with Crippen LogP contribution in [0.2, 0.25) is 0 Å². The van der Waals surface area contributed by atoms with Crippen LogP contribution in [0.15, 0.2) is 0 Å². The largest absolute Gasteiger partial charge is 0.462 e. The zero-order chi connectivity index (χ0) is 9.59. The minimum Gasteiger partial charge on any atom is -0.462 e. The molecule has 0 bridgehead atoms. The monoisotopic (exact) mass is 182 g/mol. The Morgan fingerprint density at radius 2 is 2.23 bits per heavy atom. The van der Waals surface area contributed by atoms with E-state index in [0.29, 0.717) is 12.3 Å². The van der Waals surface area contributed by atoms with E-state index in [1.165, 1.54) is 0 Å². The summed E-state index contributed by atoms with van der Waals surface area (Å²) in [5.41, 5.74) is 0. The number of hydrogen-bond donors (Lipinski definition) is 0. The number of ether oxygens (including phenoxy) is 1. The maximum Gasteiger partial charge on any atom is 0.306 e. The molecule has 1 saturated carbocycles. The van der Waals surface area contributed by atoms with Crippen LogP contribution in [-0.2, 0) is 14.3 Å². The van der Waals surface area contributed by atoms with Crippen molar-refractivity contribution in [2.75, 3.05) is 0 Å². The van der Waals surface area contributed by atoms with Crippen molar-refractivity contribution >= 4 is 11.8 Å². The second-order valence-corrected chi connectivity index (χ2v) is 4.25. The van der Waals surface area contributed by atoms with Crippen LogP contribution < -0.4 is 0 Å². The molecule has 1 heterocycles. The SMILES string of the molecule is CC(=O)[C@@H]1C2CC(=O)O[C@H]2C[C@H]1C. The van der Waals surface area contributed by atoms with Crippen molar-refractivity contribution < 1.29 is 14.3 Å². The summed E-state index contributed by atoms with van der Waals surface area (Å²) >= 11 is 0. The topological polar surface area (TPSA) is 43.4 Å². The number of rotatable bonds is 1. The molecular formula is C10H14O3. The summed E-state index contributed by atoms with van der Waals surface area (Å²) in [7, 11) is 0. The normalized spacial score (nSPS) is 43.1. The molecule has 0 amide bonds. The van der Waals surface area contributed by atoms with E-state index in [4.69, 9.17) is 4.74 Å². The number of esters is 1. The molecule has 1 aliphatic heterocycles. The first-order valence-corrected chi connectivity index (χ1v) is 4.79. The Hall–Kier alpha value is -0.860. The molecule has 2 rings (SSSR count). The van der Waals surface area contributed by atoms with Crippen LogP contribution in [-0.4, -0.2) is 17.9 Å². The van der Waals surface area contributed by atoms with E-state index in [0.717, 1.165) is 6.42 Å². The molecule has 0 aromatic rings. The molecule has 0 radical (unpaired) electrons. The molecule has 0 aromatic heterocycles. The van der Waals surface area contributed by atoms with Gasteiger partial charge in [-0.2, -0.15) is 0 Å². The third kappa shape index (κ3) is 1.26. The molecule has 1 saturated heterocycles. The maximum absolute atomic E-state index is 11.3. The number of carbonyl (C=O) groups excluding carboxylic acids is 2. The summed E-state index contributed by atoms with van der Waals surface area (Å²) in [6.45, 7) is 3.69. The minimum atomic E-state index is -0.131. The zero-order valence-electron chi connectivity index (χ0n) is 7.95. The highest BCUT2D eigenvalue weighted by Gasteiger charge is 2.50. The van der Waals surface area contributed by atoms with Gasteiger partial charge in [0.25, 0.3) is 0 Å². The molecule has 1 unspecified atom stereocenters. The number of Topliss-reactive ketones (excluding diaryl/α,β-unsaturated/α-hetero) is 1. The van der Waals surface area contributed by atoms with E-state index in [1.807, 2.05) is 0 Å². The van der Waals surface area contributed by atoms with Crippen LogP contribution in [0.25, 0.3) is 0 Å². The quantitative estimate of drug-likeness (QED) is 0.571.